The van der Waals surface area contributed by atoms with Crippen LogP contribution in [0.2, 0.25) is 0 Å². The second-order valence-electron chi connectivity index (χ2n) is 5.73. The van der Waals surface area contributed by atoms with Gasteiger partial charge in [0.1, 0.15) is 23.2 Å². The minimum atomic E-state index is -0.756. The van der Waals surface area contributed by atoms with Crippen LogP contribution in [0.4, 0.5) is 4.39 Å². The van der Waals surface area contributed by atoms with Gasteiger partial charge in [-0.2, -0.15) is 9.78 Å². The van der Waals surface area contributed by atoms with Gasteiger partial charge >= 0.3 is 0 Å². The molecule has 8 heteroatoms. The van der Waals surface area contributed by atoms with Crippen LogP contribution in [0.25, 0.3) is 5.69 Å². The van der Waals surface area contributed by atoms with Crippen molar-refractivity contribution in [3.05, 3.63) is 58.3 Å². The summed E-state index contributed by atoms with van der Waals surface area (Å²) in [7, 11) is 1.47. The van der Waals surface area contributed by atoms with Gasteiger partial charge in [0, 0.05) is 13.1 Å². The summed E-state index contributed by atoms with van der Waals surface area (Å²) in [6, 6.07) is 7.21. The van der Waals surface area contributed by atoms with E-state index in [2.05, 4.69) is 15.7 Å². The average Bonchev–Trinajstić information content (AvgIpc) is 2.59. The predicted molar refractivity (Wildman–Crippen MR) is 90.0 cm³/mol. The maximum Gasteiger partial charge on any atom is 0.272 e. The number of carbonyl (C=O) groups is 2. The number of aromatic nitrogens is 2. The number of benzene rings is 1. The third-order valence-corrected chi connectivity index (χ3v) is 3.60. The van der Waals surface area contributed by atoms with Gasteiger partial charge in [-0.15, -0.1) is 0 Å². The highest BCUT2D eigenvalue weighted by Crippen LogP contribution is 2.10. The highest BCUT2D eigenvalue weighted by molar-refractivity contribution is 5.96. The molecule has 1 atom stereocenters. The summed E-state index contributed by atoms with van der Waals surface area (Å²) < 4.78 is 14.7. The van der Waals surface area contributed by atoms with Gasteiger partial charge < -0.3 is 10.6 Å². The van der Waals surface area contributed by atoms with Gasteiger partial charge in [-0.3, -0.25) is 14.4 Å². The van der Waals surface area contributed by atoms with Crippen molar-refractivity contribution in [1.82, 2.24) is 20.4 Å². The molecular weight excluding hydrogens is 327 g/mol. The summed E-state index contributed by atoms with van der Waals surface area (Å²) in [6.07, 6.45) is 0. The summed E-state index contributed by atoms with van der Waals surface area (Å²) in [5, 5.41) is 8.97. The smallest absolute Gasteiger partial charge is 0.272 e. The first-order valence-electron chi connectivity index (χ1n) is 7.73. The molecule has 0 aliphatic heterocycles. The first-order valence-corrected chi connectivity index (χ1v) is 7.73. The number of carbonyl (C=O) groups excluding carboxylic acids is 2. The molecule has 2 N–H and O–H groups in total. The number of amides is 2. The molecule has 0 aliphatic carbocycles. The molecular formula is C17H19FN4O3. The summed E-state index contributed by atoms with van der Waals surface area (Å²) in [4.78, 5) is 36.2. The van der Waals surface area contributed by atoms with E-state index in [1.54, 1.807) is 19.9 Å². The largest absolute Gasteiger partial charge is 0.357 e. The van der Waals surface area contributed by atoms with E-state index < -0.39 is 23.3 Å². The fourth-order valence-electron chi connectivity index (χ4n) is 2.23. The van der Waals surface area contributed by atoms with E-state index in [0.717, 1.165) is 10.7 Å². The first kappa shape index (κ1) is 18.3. The van der Waals surface area contributed by atoms with Crippen molar-refractivity contribution in [2.75, 3.05) is 7.05 Å². The van der Waals surface area contributed by atoms with Crippen LogP contribution >= 0.6 is 0 Å². The fraction of sp³-hybridized carbons (Fsp3) is 0.294. The molecule has 0 radical (unpaired) electrons. The minimum absolute atomic E-state index is 0.0612. The van der Waals surface area contributed by atoms with Gasteiger partial charge in [0.15, 0.2) is 0 Å². The number of nitrogens with one attached hydrogen (secondary N) is 2. The number of rotatable bonds is 5. The lowest BCUT2D eigenvalue weighted by Crippen LogP contribution is -2.49. The summed E-state index contributed by atoms with van der Waals surface area (Å²) in [6.45, 7) is 3.57. The van der Waals surface area contributed by atoms with Crippen LogP contribution in [0.1, 0.15) is 24.3 Å². The van der Waals surface area contributed by atoms with Gasteiger partial charge in [-0.1, -0.05) is 26.0 Å². The van der Waals surface area contributed by atoms with E-state index in [4.69, 9.17) is 0 Å². The maximum atomic E-state index is 13.9. The van der Waals surface area contributed by atoms with Crippen molar-refractivity contribution in [1.29, 1.82) is 0 Å². The van der Waals surface area contributed by atoms with Crippen LogP contribution in [-0.4, -0.2) is 34.7 Å². The normalized spacial score (nSPS) is 11.9. The minimum Gasteiger partial charge on any atom is -0.357 e. The summed E-state index contributed by atoms with van der Waals surface area (Å²) in [5.41, 5.74) is -0.736. The predicted octanol–water partition coefficient (Wildman–Crippen LogP) is 0.872. The standard InChI is InChI=1S/C17H19FN4O3/c1-10(2)15(17(25)19-3)20-16(24)12-8-9-14(23)22(21-12)13-7-5-4-6-11(13)18/h4-10,15H,1-3H3,(H,19,25)(H,20,24)/t15-/m0/s1. The maximum absolute atomic E-state index is 13.9. The lowest BCUT2D eigenvalue weighted by molar-refractivity contribution is -0.123. The average molecular weight is 346 g/mol. The quantitative estimate of drug-likeness (QED) is 0.840. The van der Waals surface area contributed by atoms with Crippen LogP contribution in [-0.2, 0) is 4.79 Å². The number of halogens is 1. The van der Waals surface area contributed by atoms with Gasteiger partial charge in [-0.05, 0) is 24.1 Å². The van der Waals surface area contributed by atoms with Crippen LogP contribution in [0.5, 0.6) is 0 Å². The molecule has 25 heavy (non-hydrogen) atoms. The Labute approximate surface area is 143 Å². The highest BCUT2D eigenvalue weighted by Gasteiger charge is 2.24. The molecule has 7 nitrogen and oxygen atoms in total. The number of likely N-dealkylation sites (N-methyl/N-ethyl adjacent to an activating group) is 1. The number of para-hydroxylation sites is 1. The molecule has 1 heterocycles. The van der Waals surface area contributed by atoms with E-state index in [9.17, 15) is 18.8 Å². The van der Waals surface area contributed by atoms with Crippen molar-refractivity contribution < 1.29 is 14.0 Å². The van der Waals surface area contributed by atoms with E-state index in [1.807, 2.05) is 0 Å². The van der Waals surface area contributed by atoms with Gasteiger partial charge in [-0.25, -0.2) is 4.39 Å². The SMILES string of the molecule is CNC(=O)[C@@H](NC(=O)c1ccc(=O)n(-c2ccccc2F)n1)C(C)C. The van der Waals surface area contributed by atoms with E-state index in [0.29, 0.717) is 0 Å². The second-order valence-corrected chi connectivity index (χ2v) is 5.73. The van der Waals surface area contributed by atoms with E-state index in [1.165, 1.54) is 31.3 Å². The third-order valence-electron chi connectivity index (χ3n) is 3.60. The zero-order valence-electron chi connectivity index (χ0n) is 14.1. The van der Waals surface area contributed by atoms with Crippen LogP contribution < -0.4 is 16.2 Å². The molecule has 1 aromatic carbocycles. The first-order chi connectivity index (χ1) is 11.8. The van der Waals surface area contributed by atoms with Crippen molar-refractivity contribution >= 4 is 11.8 Å². The Kier molecular flexibility index (Phi) is 5.63. The lowest BCUT2D eigenvalue weighted by atomic mass is 10.0. The Morgan fingerprint density at radius 1 is 1.16 bits per heavy atom. The molecule has 2 amide bonds. The topological polar surface area (TPSA) is 93.1 Å². The second kappa shape index (κ2) is 7.69. The van der Waals surface area contributed by atoms with Crippen molar-refractivity contribution in [3.63, 3.8) is 0 Å². The van der Waals surface area contributed by atoms with Crippen molar-refractivity contribution in [2.45, 2.75) is 19.9 Å². The molecule has 0 aliphatic rings. The molecule has 0 fully saturated rings. The monoisotopic (exact) mass is 346 g/mol. The Bertz CT molecular complexity index is 848. The summed E-state index contributed by atoms with van der Waals surface area (Å²) in [5.74, 6) is -1.76. The molecule has 132 valence electrons. The Morgan fingerprint density at radius 2 is 1.84 bits per heavy atom. The van der Waals surface area contributed by atoms with Gasteiger partial charge in [0.2, 0.25) is 5.91 Å². The molecule has 0 unspecified atom stereocenters. The molecule has 0 saturated heterocycles. The number of nitrogens with zero attached hydrogens (tertiary/aromatic N) is 2. The molecule has 0 bridgehead atoms. The molecule has 2 aromatic rings. The molecule has 2 rings (SSSR count). The van der Waals surface area contributed by atoms with E-state index in [-0.39, 0.29) is 23.2 Å². The van der Waals surface area contributed by atoms with Gasteiger partial charge in [0.25, 0.3) is 11.5 Å². The lowest BCUT2D eigenvalue weighted by Gasteiger charge is -2.20. The van der Waals surface area contributed by atoms with Crippen LogP contribution in [0.3, 0.4) is 0 Å². The van der Waals surface area contributed by atoms with Crippen molar-refractivity contribution in [2.24, 2.45) is 5.92 Å². The Morgan fingerprint density at radius 3 is 2.44 bits per heavy atom. The number of hydrogen-bond acceptors (Lipinski definition) is 4. The van der Waals surface area contributed by atoms with Crippen molar-refractivity contribution in [3.8, 4) is 5.69 Å². The molecule has 0 saturated carbocycles. The zero-order chi connectivity index (χ0) is 18.6. The molecule has 1 aromatic heterocycles. The van der Waals surface area contributed by atoms with Gasteiger partial charge in [0.05, 0.1) is 0 Å². The third kappa shape index (κ3) is 4.09. The zero-order valence-corrected chi connectivity index (χ0v) is 14.1. The van der Waals surface area contributed by atoms with Crippen LogP contribution in [0, 0.1) is 11.7 Å². The number of hydrogen-bond donors (Lipinski definition) is 2. The Hall–Kier alpha value is -3.03. The Balaban J connectivity index is 2.36. The molecule has 0 spiro atoms. The van der Waals surface area contributed by atoms with Crippen LogP contribution in [0.15, 0.2) is 41.2 Å². The van der Waals surface area contributed by atoms with E-state index >= 15 is 0 Å². The fourth-order valence-corrected chi connectivity index (χ4v) is 2.23. The summed E-state index contributed by atoms with van der Waals surface area (Å²) >= 11 is 0. The highest BCUT2D eigenvalue weighted by atomic mass is 19.1.